The molecule has 1 aliphatic rings. The van der Waals surface area contributed by atoms with Gasteiger partial charge in [0, 0.05) is 29.8 Å². The van der Waals surface area contributed by atoms with Gasteiger partial charge in [-0.15, -0.1) is 0 Å². The summed E-state index contributed by atoms with van der Waals surface area (Å²) in [4.78, 5) is 42.0. The number of carbonyl (C=O) groups excluding carboxylic acids is 2. The highest BCUT2D eigenvalue weighted by Crippen LogP contribution is 2.29. The van der Waals surface area contributed by atoms with Gasteiger partial charge < -0.3 is 23.7 Å². The highest BCUT2D eigenvalue weighted by Gasteiger charge is 2.31. The maximum atomic E-state index is 13.9. The summed E-state index contributed by atoms with van der Waals surface area (Å²) in [5.41, 5.74) is 1.54. The number of aryl methyl sites for hydroxylation is 1. The Bertz CT molecular complexity index is 1350. The van der Waals surface area contributed by atoms with Crippen molar-refractivity contribution >= 4 is 17.5 Å². The third-order valence-electron chi connectivity index (χ3n) is 7.63. The van der Waals surface area contributed by atoms with Crippen LogP contribution in [0.2, 0.25) is 0 Å². The normalized spacial score (nSPS) is 13.4. The van der Waals surface area contributed by atoms with E-state index in [9.17, 15) is 19.7 Å². The fourth-order valence-corrected chi connectivity index (χ4v) is 5.29. The van der Waals surface area contributed by atoms with Crippen molar-refractivity contribution in [3.8, 4) is 11.5 Å². The molecule has 2 amide bonds. The van der Waals surface area contributed by atoms with E-state index in [1.165, 1.54) is 6.07 Å². The number of nitro groups is 1. The van der Waals surface area contributed by atoms with Crippen LogP contribution in [0, 0.1) is 17.0 Å². The summed E-state index contributed by atoms with van der Waals surface area (Å²) in [5.74, 6) is 1.27. The van der Waals surface area contributed by atoms with Crippen molar-refractivity contribution in [2.24, 2.45) is 0 Å². The van der Waals surface area contributed by atoms with E-state index in [1.54, 1.807) is 55.4 Å². The van der Waals surface area contributed by atoms with Gasteiger partial charge in [-0.3, -0.25) is 19.7 Å². The summed E-state index contributed by atoms with van der Waals surface area (Å²) in [7, 11) is 3.16. The number of amides is 2. The van der Waals surface area contributed by atoms with E-state index in [0.717, 1.165) is 37.7 Å². The molecule has 1 fully saturated rings. The predicted molar refractivity (Wildman–Crippen MR) is 153 cm³/mol. The van der Waals surface area contributed by atoms with Gasteiger partial charge in [-0.25, -0.2) is 0 Å². The number of rotatable bonds is 12. The van der Waals surface area contributed by atoms with E-state index >= 15 is 0 Å². The molecular weight excluding hydrogens is 526 g/mol. The molecule has 1 saturated carbocycles. The first kappa shape index (κ1) is 29.6. The molecule has 1 aromatic heterocycles. The number of carbonyl (C=O) groups is 2. The lowest BCUT2D eigenvalue weighted by molar-refractivity contribution is -0.385. The van der Waals surface area contributed by atoms with Crippen LogP contribution in [0.4, 0.5) is 5.69 Å². The molecule has 4 rings (SSSR count). The lowest BCUT2D eigenvalue weighted by atomic mass is 9.93. The lowest BCUT2D eigenvalue weighted by Gasteiger charge is -2.35. The second kappa shape index (κ2) is 13.8. The monoisotopic (exact) mass is 563 g/mol. The predicted octanol–water partition coefficient (Wildman–Crippen LogP) is 5.56. The number of furan rings is 1. The molecule has 2 aromatic carbocycles. The average molecular weight is 564 g/mol. The van der Waals surface area contributed by atoms with Crippen molar-refractivity contribution in [2.45, 2.75) is 58.0 Å². The molecular formula is C31H37N3O7. The molecule has 218 valence electrons. The third-order valence-corrected chi connectivity index (χ3v) is 7.63. The van der Waals surface area contributed by atoms with Gasteiger partial charge in [-0.1, -0.05) is 31.4 Å². The average Bonchev–Trinajstić information content (AvgIpc) is 3.51. The van der Waals surface area contributed by atoms with Crippen LogP contribution in [0.15, 0.2) is 59.2 Å². The van der Waals surface area contributed by atoms with Crippen LogP contribution in [-0.4, -0.2) is 59.9 Å². The number of hydrogen-bond donors (Lipinski definition) is 0. The van der Waals surface area contributed by atoms with E-state index < -0.39 is 4.92 Å². The fraction of sp³-hybridized carbons (Fsp3) is 0.419. The van der Waals surface area contributed by atoms with Gasteiger partial charge in [0.1, 0.15) is 12.3 Å². The summed E-state index contributed by atoms with van der Waals surface area (Å²) < 4.78 is 16.3. The largest absolute Gasteiger partial charge is 0.493 e. The number of nitrogens with zero attached hydrogens (tertiary/aromatic N) is 3. The molecule has 0 unspecified atom stereocenters. The van der Waals surface area contributed by atoms with E-state index in [1.807, 2.05) is 24.3 Å². The van der Waals surface area contributed by atoms with E-state index in [4.69, 9.17) is 13.9 Å². The number of ether oxygens (including phenoxy) is 2. The SMILES string of the molecule is COc1ccc(CCN(Cc2ccco2)C(=O)CN(C(=O)c2ccc(C)c([N+](=O)[O-])c2)C2CCCCC2)cc1OC. The van der Waals surface area contributed by atoms with E-state index in [0.29, 0.717) is 35.8 Å². The first-order valence-corrected chi connectivity index (χ1v) is 13.9. The van der Waals surface area contributed by atoms with Crippen LogP contribution in [0.25, 0.3) is 0 Å². The first-order chi connectivity index (χ1) is 19.8. The van der Waals surface area contributed by atoms with Gasteiger partial charge in [0.25, 0.3) is 11.6 Å². The van der Waals surface area contributed by atoms with Crippen molar-refractivity contribution in [2.75, 3.05) is 27.3 Å². The molecule has 0 aliphatic heterocycles. The smallest absolute Gasteiger partial charge is 0.273 e. The highest BCUT2D eigenvalue weighted by molar-refractivity contribution is 5.97. The van der Waals surface area contributed by atoms with Gasteiger partial charge in [-0.05, 0) is 62.1 Å². The first-order valence-electron chi connectivity index (χ1n) is 13.9. The molecule has 0 saturated heterocycles. The maximum absolute atomic E-state index is 13.9. The number of hydrogen-bond acceptors (Lipinski definition) is 7. The fourth-order valence-electron chi connectivity index (χ4n) is 5.29. The van der Waals surface area contributed by atoms with Crippen LogP contribution in [0.3, 0.4) is 0 Å². The van der Waals surface area contributed by atoms with Crippen LogP contribution in [-0.2, 0) is 17.8 Å². The molecule has 0 N–H and O–H groups in total. The molecule has 1 heterocycles. The molecule has 3 aromatic rings. The second-order valence-corrected chi connectivity index (χ2v) is 10.3. The van der Waals surface area contributed by atoms with Crippen molar-refractivity contribution < 1.29 is 28.4 Å². The highest BCUT2D eigenvalue weighted by atomic mass is 16.6. The molecule has 10 nitrogen and oxygen atoms in total. The van der Waals surface area contributed by atoms with E-state index in [2.05, 4.69) is 0 Å². The number of methoxy groups -OCH3 is 2. The Hall–Kier alpha value is -4.34. The number of nitro benzene ring substituents is 1. The van der Waals surface area contributed by atoms with Gasteiger partial charge >= 0.3 is 0 Å². The quantitative estimate of drug-likeness (QED) is 0.209. The molecule has 41 heavy (non-hydrogen) atoms. The summed E-state index contributed by atoms with van der Waals surface area (Å²) in [6.07, 6.45) is 6.70. The topological polar surface area (TPSA) is 115 Å². The molecule has 10 heteroatoms. The third kappa shape index (κ3) is 7.45. The molecule has 0 bridgehead atoms. The zero-order valence-corrected chi connectivity index (χ0v) is 23.8. The van der Waals surface area contributed by atoms with Crippen LogP contribution in [0.5, 0.6) is 11.5 Å². The van der Waals surface area contributed by atoms with Crippen LogP contribution in [0.1, 0.15) is 59.3 Å². The Morgan fingerprint density at radius 1 is 1.02 bits per heavy atom. The Morgan fingerprint density at radius 2 is 1.78 bits per heavy atom. The zero-order valence-electron chi connectivity index (χ0n) is 23.8. The van der Waals surface area contributed by atoms with Crippen molar-refractivity contribution in [1.29, 1.82) is 0 Å². The summed E-state index contributed by atoms with van der Waals surface area (Å²) in [5, 5.41) is 11.5. The standard InChI is InChI=1S/C31H37N3O7/c1-22-11-13-24(19-27(22)34(37)38)31(36)33(25-8-5-4-6-9-25)21-30(35)32(20-26-10-7-17-41-26)16-15-23-12-14-28(39-2)29(18-23)40-3/h7,10-14,17-19,25H,4-6,8-9,15-16,20-21H2,1-3H3. The minimum atomic E-state index is -0.485. The Balaban J connectivity index is 1.58. The van der Waals surface area contributed by atoms with Gasteiger partial charge in [0.2, 0.25) is 5.91 Å². The molecule has 0 radical (unpaired) electrons. The summed E-state index contributed by atoms with van der Waals surface area (Å²) in [6, 6.07) is 13.6. The number of benzene rings is 2. The molecule has 0 atom stereocenters. The van der Waals surface area contributed by atoms with Crippen LogP contribution >= 0.6 is 0 Å². The van der Waals surface area contributed by atoms with Gasteiger partial charge in [0.15, 0.2) is 11.5 Å². The van der Waals surface area contributed by atoms with Crippen molar-refractivity contribution in [1.82, 2.24) is 9.80 Å². The van der Waals surface area contributed by atoms with Crippen LogP contribution < -0.4 is 9.47 Å². The second-order valence-electron chi connectivity index (χ2n) is 10.3. The van der Waals surface area contributed by atoms with Gasteiger partial charge in [0.05, 0.1) is 32.0 Å². The molecule has 0 spiro atoms. The Kier molecular flexibility index (Phi) is 10.00. The van der Waals surface area contributed by atoms with E-state index in [-0.39, 0.29) is 42.2 Å². The minimum absolute atomic E-state index is 0.111. The lowest BCUT2D eigenvalue weighted by Crippen LogP contribution is -2.48. The summed E-state index contributed by atoms with van der Waals surface area (Å²) >= 11 is 0. The van der Waals surface area contributed by atoms with Crippen molar-refractivity contribution in [3.05, 3.63) is 87.4 Å². The van der Waals surface area contributed by atoms with Crippen molar-refractivity contribution in [3.63, 3.8) is 0 Å². The Morgan fingerprint density at radius 3 is 2.44 bits per heavy atom. The minimum Gasteiger partial charge on any atom is -0.493 e. The molecule has 1 aliphatic carbocycles. The maximum Gasteiger partial charge on any atom is 0.273 e. The summed E-state index contributed by atoms with van der Waals surface area (Å²) in [6.45, 7) is 2.15. The van der Waals surface area contributed by atoms with Gasteiger partial charge in [-0.2, -0.15) is 0 Å². The Labute approximate surface area is 240 Å². The zero-order chi connectivity index (χ0) is 29.4.